The fourth-order valence-electron chi connectivity index (χ4n) is 0.988. The molecule has 6 nitrogen and oxygen atoms in total. The number of methoxy groups -OCH3 is 1. The Morgan fingerprint density at radius 2 is 2.31 bits per heavy atom. The molecule has 0 saturated carbocycles. The van der Waals surface area contributed by atoms with E-state index in [9.17, 15) is 9.59 Å². The second-order valence-electron chi connectivity index (χ2n) is 2.84. The molecule has 0 bridgehead atoms. The average Bonchev–Trinajstić information content (AvgIpc) is 2.66. The van der Waals surface area contributed by atoms with Crippen LogP contribution in [-0.2, 0) is 4.74 Å². The van der Waals surface area contributed by atoms with Gasteiger partial charge in [-0.25, -0.2) is 9.59 Å². The fraction of sp³-hybridized carbons (Fsp3) is 0.333. The van der Waals surface area contributed by atoms with Crippen LogP contribution in [0.3, 0.4) is 0 Å². The number of amides is 2. The van der Waals surface area contributed by atoms with Crippen molar-refractivity contribution in [1.82, 2.24) is 5.32 Å². The van der Waals surface area contributed by atoms with Gasteiger partial charge in [-0.3, -0.25) is 5.32 Å². The number of anilines is 1. The molecule has 1 aromatic rings. The minimum Gasteiger partial charge on any atom is -0.478 e. The summed E-state index contributed by atoms with van der Waals surface area (Å²) in [5, 5.41) is 15.7. The van der Waals surface area contributed by atoms with Crippen molar-refractivity contribution in [2.24, 2.45) is 0 Å². The highest BCUT2D eigenvalue weighted by Crippen LogP contribution is 2.22. The van der Waals surface area contributed by atoms with Crippen LogP contribution in [0.4, 0.5) is 9.80 Å². The predicted molar refractivity (Wildman–Crippen MR) is 60.2 cm³/mol. The first-order valence-electron chi connectivity index (χ1n) is 4.49. The van der Waals surface area contributed by atoms with Gasteiger partial charge in [0, 0.05) is 13.7 Å². The number of thiophene rings is 1. The van der Waals surface area contributed by atoms with E-state index in [1.807, 2.05) is 0 Å². The van der Waals surface area contributed by atoms with Crippen molar-refractivity contribution in [3.8, 4) is 0 Å². The second kappa shape index (κ2) is 6.09. The van der Waals surface area contributed by atoms with Crippen molar-refractivity contribution in [2.45, 2.75) is 0 Å². The first-order chi connectivity index (χ1) is 7.65. The smallest absolute Gasteiger partial charge is 0.338 e. The van der Waals surface area contributed by atoms with E-state index in [4.69, 9.17) is 9.84 Å². The Labute approximate surface area is 96.2 Å². The lowest BCUT2D eigenvalue weighted by molar-refractivity contribution is 0.0698. The van der Waals surface area contributed by atoms with E-state index >= 15 is 0 Å². The summed E-state index contributed by atoms with van der Waals surface area (Å²) >= 11 is 1.16. The summed E-state index contributed by atoms with van der Waals surface area (Å²) in [5.74, 6) is -1.06. The van der Waals surface area contributed by atoms with Crippen LogP contribution in [0.25, 0.3) is 0 Å². The number of aromatic carboxylic acids is 1. The van der Waals surface area contributed by atoms with Crippen LogP contribution >= 0.6 is 11.3 Å². The van der Waals surface area contributed by atoms with Gasteiger partial charge in [-0.15, -0.1) is 11.3 Å². The van der Waals surface area contributed by atoms with E-state index in [-0.39, 0.29) is 5.56 Å². The molecule has 0 radical (unpaired) electrons. The number of carboxylic acid groups (broad SMARTS) is 1. The Morgan fingerprint density at radius 3 is 2.94 bits per heavy atom. The predicted octanol–water partition coefficient (Wildman–Crippen LogP) is 1.21. The summed E-state index contributed by atoms with van der Waals surface area (Å²) in [6, 6.07) is 1.000. The number of rotatable bonds is 5. The van der Waals surface area contributed by atoms with Crippen LogP contribution in [0, 0.1) is 0 Å². The third-order valence-electron chi connectivity index (χ3n) is 1.71. The molecular formula is C9H12N2O4S. The normalized spacial score (nSPS) is 9.81. The quantitative estimate of drug-likeness (QED) is 0.679. The molecule has 88 valence electrons. The summed E-state index contributed by atoms with van der Waals surface area (Å²) in [6.07, 6.45) is 0. The Hall–Kier alpha value is -1.60. The zero-order valence-electron chi connectivity index (χ0n) is 8.65. The van der Waals surface area contributed by atoms with E-state index in [1.54, 1.807) is 5.38 Å². The molecule has 0 fully saturated rings. The van der Waals surface area contributed by atoms with Crippen LogP contribution in [0.15, 0.2) is 11.4 Å². The third-order valence-corrected chi connectivity index (χ3v) is 2.54. The maximum absolute atomic E-state index is 11.3. The number of carbonyl (C=O) groups is 2. The number of hydrogen-bond donors (Lipinski definition) is 3. The van der Waals surface area contributed by atoms with Gasteiger partial charge in [-0.05, 0) is 11.4 Å². The van der Waals surface area contributed by atoms with Gasteiger partial charge < -0.3 is 15.2 Å². The lowest BCUT2D eigenvalue weighted by Gasteiger charge is -2.05. The van der Waals surface area contributed by atoms with Crippen molar-refractivity contribution in [1.29, 1.82) is 0 Å². The molecule has 0 aliphatic heterocycles. The van der Waals surface area contributed by atoms with Gasteiger partial charge in [0.2, 0.25) is 0 Å². The Bertz CT molecular complexity index is 377. The molecule has 0 unspecified atom stereocenters. The molecule has 7 heteroatoms. The summed E-state index contributed by atoms with van der Waals surface area (Å²) < 4.78 is 4.76. The first kappa shape index (κ1) is 12.5. The molecule has 0 aliphatic carbocycles. The van der Waals surface area contributed by atoms with Crippen LogP contribution in [0.2, 0.25) is 0 Å². The van der Waals surface area contributed by atoms with E-state index in [2.05, 4.69) is 10.6 Å². The van der Waals surface area contributed by atoms with Gasteiger partial charge in [0.05, 0.1) is 12.2 Å². The minimum absolute atomic E-state index is 0.0897. The molecule has 0 spiro atoms. The SMILES string of the molecule is COCCNC(=O)Nc1sccc1C(=O)O. The summed E-state index contributed by atoms with van der Waals surface area (Å²) in [5.41, 5.74) is 0.0897. The van der Waals surface area contributed by atoms with Crippen molar-refractivity contribution in [3.63, 3.8) is 0 Å². The second-order valence-corrected chi connectivity index (χ2v) is 3.76. The molecule has 0 saturated heterocycles. The Morgan fingerprint density at radius 1 is 1.56 bits per heavy atom. The number of urea groups is 1. The average molecular weight is 244 g/mol. The molecule has 0 aromatic carbocycles. The van der Waals surface area contributed by atoms with E-state index in [1.165, 1.54) is 13.2 Å². The maximum atomic E-state index is 11.3. The van der Waals surface area contributed by atoms with Crippen molar-refractivity contribution >= 4 is 28.3 Å². The van der Waals surface area contributed by atoms with Crippen LogP contribution in [-0.4, -0.2) is 37.4 Å². The number of carboxylic acids is 1. The molecule has 1 heterocycles. The monoisotopic (exact) mass is 244 g/mol. The molecular weight excluding hydrogens is 232 g/mol. The topological polar surface area (TPSA) is 87.7 Å². The van der Waals surface area contributed by atoms with Crippen molar-refractivity contribution in [3.05, 3.63) is 17.0 Å². The zero-order chi connectivity index (χ0) is 12.0. The van der Waals surface area contributed by atoms with Crippen LogP contribution < -0.4 is 10.6 Å². The molecule has 0 aliphatic rings. The number of ether oxygens (including phenoxy) is 1. The van der Waals surface area contributed by atoms with Crippen LogP contribution in [0.5, 0.6) is 0 Å². The third kappa shape index (κ3) is 3.52. The summed E-state index contributed by atoms with van der Waals surface area (Å²) in [7, 11) is 1.53. The Kier molecular flexibility index (Phi) is 4.74. The summed E-state index contributed by atoms with van der Waals surface area (Å²) in [4.78, 5) is 22.0. The van der Waals surface area contributed by atoms with Gasteiger partial charge in [0.1, 0.15) is 5.00 Å². The van der Waals surface area contributed by atoms with Crippen molar-refractivity contribution < 1.29 is 19.4 Å². The highest BCUT2D eigenvalue weighted by Gasteiger charge is 2.13. The van der Waals surface area contributed by atoms with Gasteiger partial charge in [0.25, 0.3) is 0 Å². The van der Waals surface area contributed by atoms with Gasteiger partial charge in [-0.2, -0.15) is 0 Å². The lowest BCUT2D eigenvalue weighted by atomic mass is 10.3. The Balaban J connectivity index is 2.49. The standard InChI is InChI=1S/C9H12N2O4S/c1-15-4-3-10-9(14)11-7-6(8(12)13)2-5-16-7/h2,5H,3-4H2,1H3,(H,12,13)(H2,10,11,14). The highest BCUT2D eigenvalue weighted by molar-refractivity contribution is 7.14. The van der Waals surface area contributed by atoms with E-state index in [0.717, 1.165) is 11.3 Å². The number of hydrogen-bond acceptors (Lipinski definition) is 4. The van der Waals surface area contributed by atoms with Gasteiger partial charge in [0.15, 0.2) is 0 Å². The number of nitrogens with one attached hydrogen (secondary N) is 2. The highest BCUT2D eigenvalue weighted by atomic mass is 32.1. The van der Waals surface area contributed by atoms with E-state index < -0.39 is 12.0 Å². The molecule has 0 atom stereocenters. The lowest BCUT2D eigenvalue weighted by Crippen LogP contribution is -2.31. The molecule has 1 rings (SSSR count). The fourth-order valence-corrected chi connectivity index (χ4v) is 1.76. The molecule has 2 amide bonds. The number of carbonyl (C=O) groups excluding carboxylic acids is 1. The van der Waals surface area contributed by atoms with Gasteiger partial charge >= 0.3 is 12.0 Å². The molecule has 16 heavy (non-hydrogen) atoms. The van der Waals surface area contributed by atoms with E-state index in [0.29, 0.717) is 18.2 Å². The first-order valence-corrected chi connectivity index (χ1v) is 5.37. The van der Waals surface area contributed by atoms with Crippen molar-refractivity contribution in [2.75, 3.05) is 25.6 Å². The molecule has 3 N–H and O–H groups in total. The maximum Gasteiger partial charge on any atom is 0.338 e. The van der Waals surface area contributed by atoms with Gasteiger partial charge in [-0.1, -0.05) is 0 Å². The minimum atomic E-state index is -1.06. The summed E-state index contributed by atoms with van der Waals surface area (Å²) in [6.45, 7) is 0.778. The van der Waals surface area contributed by atoms with Crippen LogP contribution in [0.1, 0.15) is 10.4 Å². The zero-order valence-corrected chi connectivity index (χ0v) is 9.47. The largest absolute Gasteiger partial charge is 0.478 e. The molecule has 1 aromatic heterocycles.